The van der Waals surface area contributed by atoms with E-state index in [1.807, 2.05) is 0 Å². The first-order valence-corrected chi connectivity index (χ1v) is 7.39. The summed E-state index contributed by atoms with van der Waals surface area (Å²) in [6, 6.07) is 0.720. The second kappa shape index (κ2) is 5.70. The fourth-order valence-corrected chi connectivity index (χ4v) is 2.86. The van der Waals surface area contributed by atoms with E-state index >= 15 is 0 Å². The number of halogens is 2. The van der Waals surface area contributed by atoms with Gasteiger partial charge in [0.25, 0.3) is 0 Å². The van der Waals surface area contributed by atoms with Crippen molar-refractivity contribution in [2.45, 2.75) is 32.7 Å². The van der Waals surface area contributed by atoms with Crippen LogP contribution in [0.25, 0.3) is 6.08 Å². The minimum absolute atomic E-state index is 0.498. The molecule has 0 radical (unpaired) electrons. The van der Waals surface area contributed by atoms with Gasteiger partial charge in [0, 0.05) is 12.6 Å². The second-order valence-electron chi connectivity index (χ2n) is 4.65. The van der Waals surface area contributed by atoms with Gasteiger partial charge >= 0.3 is 0 Å². The second-order valence-corrected chi connectivity index (χ2v) is 6.62. The summed E-state index contributed by atoms with van der Waals surface area (Å²) >= 11 is 13.3. The van der Waals surface area contributed by atoms with E-state index in [2.05, 4.69) is 30.2 Å². The van der Waals surface area contributed by atoms with Crippen LogP contribution in [-0.2, 0) is 0 Å². The van der Waals surface area contributed by atoms with Gasteiger partial charge in [-0.2, -0.15) is 0 Å². The maximum atomic E-state index is 6.02. The Balaban J connectivity index is 2.10. The largest absolute Gasteiger partial charge is 0.310 e. The normalized spacial score (nSPS) is 16.9. The Morgan fingerprint density at radius 3 is 2.71 bits per heavy atom. The maximum absolute atomic E-state index is 6.02. The van der Waals surface area contributed by atoms with E-state index in [0.29, 0.717) is 15.5 Å². The van der Waals surface area contributed by atoms with Crippen LogP contribution in [0.1, 0.15) is 31.6 Å². The van der Waals surface area contributed by atoms with E-state index in [1.54, 1.807) is 0 Å². The van der Waals surface area contributed by atoms with Crippen molar-refractivity contribution >= 4 is 40.6 Å². The van der Waals surface area contributed by atoms with Gasteiger partial charge in [0.1, 0.15) is 5.15 Å². The molecule has 1 aromatic rings. The Labute approximate surface area is 116 Å². The molecule has 5 heteroatoms. The molecule has 0 atom stereocenters. The first kappa shape index (κ1) is 13.3. The number of nitrogens with one attached hydrogen (secondary N) is 1. The third-order valence-corrected chi connectivity index (χ3v) is 4.32. The van der Waals surface area contributed by atoms with Crippen LogP contribution in [0.15, 0.2) is 5.57 Å². The average Bonchev–Trinajstić information content (AvgIpc) is 3.00. The number of hydrogen-bond acceptors (Lipinski definition) is 3. The molecule has 0 saturated heterocycles. The monoisotopic (exact) mass is 290 g/mol. The van der Waals surface area contributed by atoms with Gasteiger partial charge < -0.3 is 5.32 Å². The van der Waals surface area contributed by atoms with Crippen molar-refractivity contribution in [2.75, 3.05) is 6.54 Å². The number of thiazole rings is 1. The summed E-state index contributed by atoms with van der Waals surface area (Å²) in [5.74, 6) is 0.498. The number of nitrogens with zero attached hydrogens (tertiary/aromatic N) is 1. The summed E-state index contributed by atoms with van der Waals surface area (Å²) in [5, 5.41) is 4.03. The highest BCUT2D eigenvalue weighted by atomic mass is 35.5. The van der Waals surface area contributed by atoms with E-state index in [1.165, 1.54) is 29.8 Å². The van der Waals surface area contributed by atoms with Gasteiger partial charge in [-0.3, -0.25) is 0 Å². The smallest absolute Gasteiger partial charge is 0.185 e. The molecular formula is C12H16Cl2N2S. The van der Waals surface area contributed by atoms with Gasteiger partial charge in [-0.15, -0.1) is 11.3 Å². The molecule has 1 aromatic heterocycles. The average molecular weight is 291 g/mol. The molecule has 0 aromatic carbocycles. The molecule has 0 spiro atoms. The van der Waals surface area contributed by atoms with Crippen LogP contribution < -0.4 is 5.32 Å². The SMILES string of the molecule is CC(C)C(=Cc1sc(Cl)nc1Cl)CNC1CC1. The van der Waals surface area contributed by atoms with Crippen molar-refractivity contribution in [3.63, 3.8) is 0 Å². The molecular weight excluding hydrogens is 275 g/mol. The Bertz CT molecular complexity index is 422. The first-order chi connectivity index (χ1) is 8.06. The lowest BCUT2D eigenvalue weighted by Crippen LogP contribution is -2.21. The molecule has 2 rings (SSSR count). The summed E-state index contributed by atoms with van der Waals surface area (Å²) in [5.41, 5.74) is 1.35. The predicted molar refractivity (Wildman–Crippen MR) is 76.0 cm³/mol. The zero-order valence-corrected chi connectivity index (χ0v) is 12.3. The number of hydrogen-bond donors (Lipinski definition) is 1. The van der Waals surface area contributed by atoms with Gasteiger partial charge in [-0.05, 0) is 24.8 Å². The van der Waals surface area contributed by atoms with Crippen molar-refractivity contribution in [1.29, 1.82) is 0 Å². The predicted octanol–water partition coefficient (Wildman–Crippen LogP) is 4.24. The lowest BCUT2D eigenvalue weighted by molar-refractivity contribution is 0.663. The molecule has 1 saturated carbocycles. The van der Waals surface area contributed by atoms with Crippen LogP contribution in [0.4, 0.5) is 0 Å². The highest BCUT2D eigenvalue weighted by Crippen LogP contribution is 2.30. The zero-order valence-electron chi connectivity index (χ0n) is 9.96. The summed E-state index contributed by atoms with van der Waals surface area (Å²) in [6.45, 7) is 5.31. The van der Waals surface area contributed by atoms with Crippen molar-refractivity contribution in [1.82, 2.24) is 10.3 Å². The molecule has 0 bridgehead atoms. The van der Waals surface area contributed by atoms with E-state index in [4.69, 9.17) is 23.2 Å². The molecule has 0 aliphatic heterocycles. The minimum atomic E-state index is 0.498. The van der Waals surface area contributed by atoms with E-state index in [9.17, 15) is 0 Å². The van der Waals surface area contributed by atoms with Crippen LogP contribution in [0.3, 0.4) is 0 Å². The Hall–Kier alpha value is -0.0900. The Morgan fingerprint density at radius 2 is 2.24 bits per heavy atom. The van der Waals surface area contributed by atoms with Gasteiger partial charge in [0.15, 0.2) is 4.47 Å². The quantitative estimate of drug-likeness (QED) is 0.877. The van der Waals surface area contributed by atoms with E-state index in [-0.39, 0.29) is 0 Å². The van der Waals surface area contributed by atoms with Crippen LogP contribution in [-0.4, -0.2) is 17.6 Å². The topological polar surface area (TPSA) is 24.9 Å². The maximum Gasteiger partial charge on any atom is 0.185 e. The fourth-order valence-electron chi connectivity index (χ4n) is 1.52. The highest BCUT2D eigenvalue weighted by Gasteiger charge is 2.21. The minimum Gasteiger partial charge on any atom is -0.310 e. The van der Waals surface area contributed by atoms with Gasteiger partial charge in [0.2, 0.25) is 0 Å². The van der Waals surface area contributed by atoms with Crippen molar-refractivity contribution < 1.29 is 0 Å². The van der Waals surface area contributed by atoms with Crippen LogP contribution in [0.2, 0.25) is 9.62 Å². The zero-order chi connectivity index (χ0) is 12.4. The lowest BCUT2D eigenvalue weighted by Gasteiger charge is -2.12. The van der Waals surface area contributed by atoms with Crippen LogP contribution >= 0.6 is 34.5 Å². The number of aromatic nitrogens is 1. The lowest BCUT2D eigenvalue weighted by atomic mass is 10.0. The molecule has 94 valence electrons. The third kappa shape index (κ3) is 3.95. The summed E-state index contributed by atoms with van der Waals surface area (Å²) in [6.07, 6.45) is 4.73. The standard InChI is InChI=1S/C12H16Cl2N2S/c1-7(2)8(6-15-9-3-4-9)5-10-11(13)16-12(14)17-10/h5,7,9,15H,3-4,6H2,1-2H3. The summed E-state index contributed by atoms with van der Waals surface area (Å²) in [4.78, 5) is 4.97. The van der Waals surface area contributed by atoms with Crippen LogP contribution in [0, 0.1) is 5.92 Å². The van der Waals surface area contributed by atoms with Crippen molar-refractivity contribution in [3.05, 3.63) is 20.1 Å². The van der Waals surface area contributed by atoms with Crippen molar-refractivity contribution in [2.24, 2.45) is 5.92 Å². The van der Waals surface area contributed by atoms with Crippen LogP contribution in [0.5, 0.6) is 0 Å². The Morgan fingerprint density at radius 1 is 1.53 bits per heavy atom. The molecule has 2 nitrogen and oxygen atoms in total. The summed E-state index contributed by atoms with van der Waals surface area (Å²) in [7, 11) is 0. The molecule has 17 heavy (non-hydrogen) atoms. The third-order valence-electron chi connectivity index (χ3n) is 2.81. The number of rotatable bonds is 5. The molecule has 1 fully saturated rings. The van der Waals surface area contributed by atoms with E-state index < -0.39 is 0 Å². The highest BCUT2D eigenvalue weighted by molar-refractivity contribution is 7.17. The Kier molecular flexibility index (Phi) is 4.47. The molecule has 0 amide bonds. The van der Waals surface area contributed by atoms with Gasteiger partial charge in [-0.25, -0.2) is 4.98 Å². The van der Waals surface area contributed by atoms with Crippen molar-refractivity contribution in [3.8, 4) is 0 Å². The van der Waals surface area contributed by atoms with Gasteiger partial charge in [0.05, 0.1) is 4.88 Å². The fraction of sp³-hybridized carbons (Fsp3) is 0.583. The molecule has 1 aliphatic rings. The van der Waals surface area contributed by atoms with Gasteiger partial charge in [-0.1, -0.05) is 42.6 Å². The molecule has 1 aliphatic carbocycles. The molecule has 1 N–H and O–H groups in total. The first-order valence-electron chi connectivity index (χ1n) is 5.82. The molecule has 1 heterocycles. The molecule has 0 unspecified atom stereocenters. The summed E-state index contributed by atoms with van der Waals surface area (Å²) < 4.78 is 0.500. The van der Waals surface area contributed by atoms with E-state index in [0.717, 1.165) is 17.5 Å².